The summed E-state index contributed by atoms with van der Waals surface area (Å²) in [4.78, 5) is 10.8. The van der Waals surface area contributed by atoms with Crippen LogP contribution in [0.5, 0.6) is 5.75 Å². The molecule has 0 atom stereocenters. The molecule has 2 rings (SSSR count). The molecule has 1 N–H and O–H groups in total. The summed E-state index contributed by atoms with van der Waals surface area (Å²) < 4.78 is 31.5. The Kier molecular flexibility index (Phi) is 4.64. The molecule has 0 aromatic heterocycles. The van der Waals surface area contributed by atoms with Crippen molar-refractivity contribution >= 4 is 22.1 Å². The summed E-state index contributed by atoms with van der Waals surface area (Å²) in [5, 5.41) is 8.69. The Labute approximate surface area is 123 Å². The second kappa shape index (κ2) is 6.28. The molecule has 1 aliphatic heterocycles. The summed E-state index contributed by atoms with van der Waals surface area (Å²) in [7, 11) is -2.08. The van der Waals surface area contributed by atoms with E-state index in [9.17, 15) is 13.2 Å². The van der Waals surface area contributed by atoms with Crippen molar-refractivity contribution in [3.63, 3.8) is 0 Å². The first-order valence-corrected chi connectivity index (χ1v) is 7.98. The van der Waals surface area contributed by atoms with Crippen LogP contribution in [0.2, 0.25) is 0 Å². The van der Waals surface area contributed by atoms with Crippen LogP contribution in [0.25, 0.3) is 6.08 Å². The second-order valence-electron chi connectivity index (χ2n) is 4.69. The normalized spacial score (nSPS) is 16.4. The van der Waals surface area contributed by atoms with Gasteiger partial charge in [-0.2, -0.15) is 4.31 Å². The number of benzene rings is 1. The van der Waals surface area contributed by atoms with Gasteiger partial charge in [-0.3, -0.25) is 0 Å². The van der Waals surface area contributed by atoms with Crippen molar-refractivity contribution in [3.05, 3.63) is 29.8 Å². The number of carboxylic acids is 1. The third-order valence-electron chi connectivity index (χ3n) is 3.31. The first-order chi connectivity index (χ1) is 9.95. The Balaban J connectivity index is 2.41. The molecule has 21 heavy (non-hydrogen) atoms. The molecule has 1 aromatic carbocycles. The third-order valence-corrected chi connectivity index (χ3v) is 5.20. The lowest BCUT2D eigenvalue weighted by molar-refractivity contribution is -0.131. The number of ether oxygens (including phenoxy) is 1. The second-order valence-corrected chi connectivity index (χ2v) is 6.62. The average molecular weight is 311 g/mol. The largest absolute Gasteiger partial charge is 0.496 e. The minimum Gasteiger partial charge on any atom is -0.496 e. The number of methoxy groups -OCH3 is 1. The number of aliphatic carboxylic acids is 1. The molecule has 0 spiro atoms. The number of sulfonamides is 1. The smallest absolute Gasteiger partial charge is 0.328 e. The Morgan fingerprint density at radius 1 is 1.33 bits per heavy atom. The summed E-state index contributed by atoms with van der Waals surface area (Å²) in [6.45, 7) is 1.04. The van der Waals surface area contributed by atoms with E-state index in [2.05, 4.69) is 0 Å². The topological polar surface area (TPSA) is 83.9 Å². The zero-order valence-electron chi connectivity index (χ0n) is 11.7. The Morgan fingerprint density at radius 2 is 2.00 bits per heavy atom. The van der Waals surface area contributed by atoms with E-state index in [0.29, 0.717) is 24.4 Å². The quantitative estimate of drug-likeness (QED) is 0.835. The van der Waals surface area contributed by atoms with E-state index in [1.165, 1.54) is 35.7 Å². The van der Waals surface area contributed by atoms with Crippen molar-refractivity contribution in [2.75, 3.05) is 20.2 Å². The highest BCUT2D eigenvalue weighted by Crippen LogP contribution is 2.27. The molecule has 7 heteroatoms. The number of nitrogens with zero attached hydrogens (tertiary/aromatic N) is 1. The molecular formula is C14H17NO5S. The summed E-state index contributed by atoms with van der Waals surface area (Å²) in [6, 6.07) is 4.45. The van der Waals surface area contributed by atoms with Crippen molar-refractivity contribution in [1.29, 1.82) is 0 Å². The summed E-state index contributed by atoms with van der Waals surface area (Å²) in [5.41, 5.74) is 0.417. The van der Waals surface area contributed by atoms with Crippen LogP contribution in [0.4, 0.5) is 0 Å². The Morgan fingerprint density at radius 3 is 2.57 bits per heavy atom. The van der Waals surface area contributed by atoms with Gasteiger partial charge in [-0.25, -0.2) is 13.2 Å². The van der Waals surface area contributed by atoms with E-state index < -0.39 is 16.0 Å². The van der Waals surface area contributed by atoms with Crippen LogP contribution in [0.3, 0.4) is 0 Å². The molecule has 1 aliphatic rings. The van der Waals surface area contributed by atoms with Crippen molar-refractivity contribution in [2.45, 2.75) is 17.7 Å². The van der Waals surface area contributed by atoms with Crippen molar-refractivity contribution in [1.82, 2.24) is 4.31 Å². The number of carboxylic acid groups (broad SMARTS) is 1. The van der Waals surface area contributed by atoms with Crippen LogP contribution in [-0.4, -0.2) is 44.0 Å². The lowest BCUT2D eigenvalue weighted by Crippen LogP contribution is -2.27. The third kappa shape index (κ3) is 3.43. The monoisotopic (exact) mass is 311 g/mol. The van der Waals surface area contributed by atoms with Gasteiger partial charge in [0, 0.05) is 24.7 Å². The molecule has 0 aliphatic carbocycles. The maximum Gasteiger partial charge on any atom is 0.328 e. The van der Waals surface area contributed by atoms with Gasteiger partial charge in [0.15, 0.2) is 0 Å². The number of hydrogen-bond acceptors (Lipinski definition) is 4. The van der Waals surface area contributed by atoms with E-state index in [-0.39, 0.29) is 4.90 Å². The van der Waals surface area contributed by atoms with E-state index >= 15 is 0 Å². The highest BCUT2D eigenvalue weighted by atomic mass is 32.2. The fraction of sp³-hybridized carbons (Fsp3) is 0.357. The predicted molar refractivity (Wildman–Crippen MR) is 77.7 cm³/mol. The van der Waals surface area contributed by atoms with Crippen molar-refractivity contribution in [3.8, 4) is 5.75 Å². The van der Waals surface area contributed by atoms with Gasteiger partial charge in [-0.05, 0) is 37.1 Å². The Hall–Kier alpha value is -1.86. The van der Waals surface area contributed by atoms with Crippen molar-refractivity contribution < 1.29 is 23.1 Å². The molecule has 0 radical (unpaired) electrons. The predicted octanol–water partition coefficient (Wildman–Crippen LogP) is 1.58. The first kappa shape index (κ1) is 15.5. The van der Waals surface area contributed by atoms with E-state index in [0.717, 1.165) is 18.9 Å². The van der Waals surface area contributed by atoms with Gasteiger partial charge in [0.05, 0.1) is 12.0 Å². The van der Waals surface area contributed by atoms with E-state index in [4.69, 9.17) is 9.84 Å². The van der Waals surface area contributed by atoms with Crippen LogP contribution < -0.4 is 4.74 Å². The van der Waals surface area contributed by atoms with Gasteiger partial charge >= 0.3 is 5.97 Å². The van der Waals surface area contributed by atoms with Crippen LogP contribution in [0.1, 0.15) is 18.4 Å². The van der Waals surface area contributed by atoms with Gasteiger partial charge in [-0.15, -0.1) is 0 Å². The van der Waals surface area contributed by atoms with Gasteiger partial charge in [-0.1, -0.05) is 0 Å². The molecule has 0 saturated carbocycles. The standard InChI is InChI=1S/C14H17NO5S/c1-20-13-6-5-12(10-11(13)4-7-14(16)17)21(18,19)15-8-2-3-9-15/h4-7,10H,2-3,8-9H2,1H3,(H,16,17). The molecule has 0 amide bonds. The lowest BCUT2D eigenvalue weighted by Gasteiger charge is -2.16. The molecular weight excluding hydrogens is 294 g/mol. The van der Waals surface area contributed by atoms with Gasteiger partial charge < -0.3 is 9.84 Å². The summed E-state index contributed by atoms with van der Waals surface area (Å²) in [5.74, 6) is -0.683. The Bertz CT molecular complexity index is 660. The average Bonchev–Trinajstić information content (AvgIpc) is 2.99. The highest BCUT2D eigenvalue weighted by molar-refractivity contribution is 7.89. The molecule has 114 valence electrons. The SMILES string of the molecule is COc1ccc(S(=O)(=O)N2CCCC2)cc1C=CC(=O)O. The summed E-state index contributed by atoms with van der Waals surface area (Å²) in [6.07, 6.45) is 4.00. The maximum atomic E-state index is 12.5. The lowest BCUT2D eigenvalue weighted by atomic mass is 10.2. The summed E-state index contributed by atoms with van der Waals surface area (Å²) >= 11 is 0. The molecule has 6 nitrogen and oxygen atoms in total. The van der Waals surface area contributed by atoms with Gasteiger partial charge in [0.2, 0.25) is 10.0 Å². The first-order valence-electron chi connectivity index (χ1n) is 6.54. The van der Waals surface area contributed by atoms with Crippen LogP contribution in [0, 0.1) is 0 Å². The molecule has 1 heterocycles. The van der Waals surface area contributed by atoms with Crippen molar-refractivity contribution in [2.24, 2.45) is 0 Å². The van der Waals surface area contributed by atoms with E-state index in [1.807, 2.05) is 0 Å². The fourth-order valence-corrected chi connectivity index (χ4v) is 3.79. The van der Waals surface area contributed by atoms with Crippen LogP contribution in [0.15, 0.2) is 29.2 Å². The van der Waals surface area contributed by atoms with Gasteiger partial charge in [0.1, 0.15) is 5.75 Å². The molecule has 0 bridgehead atoms. The molecule has 1 saturated heterocycles. The minimum absolute atomic E-state index is 0.148. The zero-order valence-corrected chi connectivity index (χ0v) is 12.5. The van der Waals surface area contributed by atoms with Gasteiger partial charge in [0.25, 0.3) is 0 Å². The number of hydrogen-bond donors (Lipinski definition) is 1. The minimum atomic E-state index is -3.53. The highest BCUT2D eigenvalue weighted by Gasteiger charge is 2.27. The zero-order chi connectivity index (χ0) is 15.5. The fourth-order valence-electron chi connectivity index (χ4n) is 2.24. The molecule has 0 unspecified atom stereocenters. The maximum absolute atomic E-state index is 12.5. The molecule has 1 fully saturated rings. The van der Waals surface area contributed by atoms with Crippen LogP contribution >= 0.6 is 0 Å². The van der Waals surface area contributed by atoms with E-state index in [1.54, 1.807) is 0 Å². The number of carbonyl (C=O) groups is 1. The molecule has 1 aromatic rings. The number of rotatable bonds is 5. The van der Waals surface area contributed by atoms with Crippen LogP contribution in [-0.2, 0) is 14.8 Å².